The molecular weight excluding hydrogens is 320 g/mol. The van der Waals surface area contributed by atoms with Crippen LogP contribution in [0.15, 0.2) is 28.8 Å². The molecule has 0 radical (unpaired) electrons. The van der Waals surface area contributed by atoms with Gasteiger partial charge in [0.25, 0.3) is 0 Å². The van der Waals surface area contributed by atoms with E-state index in [1.165, 1.54) is 25.9 Å². The third-order valence-electron chi connectivity index (χ3n) is 5.40. The molecule has 0 aliphatic carbocycles. The Hall–Kier alpha value is -2.05. The van der Waals surface area contributed by atoms with Crippen LogP contribution in [0.2, 0.25) is 0 Å². The number of nitrogens with zero attached hydrogens (tertiary/aromatic N) is 2. The number of hydrogen-bond donors (Lipinski definition) is 0. The van der Waals surface area contributed by atoms with E-state index in [4.69, 9.17) is 18.6 Å². The molecule has 0 amide bonds. The number of rotatable bonds is 4. The number of hydrogen-bond acceptors (Lipinski definition) is 6. The third-order valence-corrected chi connectivity index (χ3v) is 5.40. The summed E-state index contributed by atoms with van der Waals surface area (Å²) in [6.07, 6.45) is 4.56. The van der Waals surface area contributed by atoms with E-state index in [-0.39, 0.29) is 0 Å². The summed E-state index contributed by atoms with van der Waals surface area (Å²) in [5.41, 5.74) is 0.936. The van der Waals surface area contributed by atoms with Crippen LogP contribution in [0.3, 0.4) is 0 Å². The van der Waals surface area contributed by atoms with Crippen LogP contribution in [-0.4, -0.2) is 48.8 Å². The van der Waals surface area contributed by atoms with E-state index in [0.717, 1.165) is 29.4 Å². The Kier molecular flexibility index (Phi) is 3.87. The molecule has 5 heterocycles. The Labute approximate surface area is 146 Å². The summed E-state index contributed by atoms with van der Waals surface area (Å²) in [5, 5.41) is 0. The van der Waals surface area contributed by atoms with E-state index < -0.39 is 0 Å². The number of ether oxygens (including phenoxy) is 3. The summed E-state index contributed by atoms with van der Waals surface area (Å²) >= 11 is 0. The molecule has 0 N–H and O–H groups in total. The summed E-state index contributed by atoms with van der Waals surface area (Å²) in [6, 6.07) is 5.81. The molecule has 0 saturated carbocycles. The van der Waals surface area contributed by atoms with E-state index in [9.17, 15) is 0 Å². The monoisotopic (exact) mass is 342 g/mol. The molecule has 1 unspecified atom stereocenters. The predicted octanol–water partition coefficient (Wildman–Crippen LogP) is 2.72. The number of benzene rings is 1. The van der Waals surface area contributed by atoms with Gasteiger partial charge in [-0.25, -0.2) is 4.98 Å². The second kappa shape index (κ2) is 6.35. The van der Waals surface area contributed by atoms with Gasteiger partial charge in [0.2, 0.25) is 5.89 Å². The molecule has 1 aromatic heterocycles. The van der Waals surface area contributed by atoms with Crippen molar-refractivity contribution in [2.45, 2.75) is 25.6 Å². The fourth-order valence-corrected chi connectivity index (χ4v) is 3.99. The zero-order chi connectivity index (χ0) is 16.6. The van der Waals surface area contributed by atoms with Gasteiger partial charge in [-0.1, -0.05) is 0 Å². The van der Waals surface area contributed by atoms with Crippen LogP contribution in [0.5, 0.6) is 11.5 Å². The van der Waals surface area contributed by atoms with Crippen molar-refractivity contribution in [3.8, 4) is 22.8 Å². The van der Waals surface area contributed by atoms with E-state index in [1.807, 2.05) is 18.2 Å². The van der Waals surface area contributed by atoms with Crippen LogP contribution in [0.25, 0.3) is 11.3 Å². The van der Waals surface area contributed by atoms with Crippen LogP contribution in [-0.2, 0) is 11.3 Å². The average molecular weight is 342 g/mol. The molecule has 6 heteroatoms. The fourth-order valence-electron chi connectivity index (χ4n) is 3.99. The second-order valence-corrected chi connectivity index (χ2v) is 6.96. The highest BCUT2D eigenvalue weighted by Gasteiger charge is 2.34. The fraction of sp³-hybridized carbons (Fsp3) is 0.526. The molecule has 6 rings (SSSR count). The molecule has 25 heavy (non-hydrogen) atoms. The van der Waals surface area contributed by atoms with Crippen LogP contribution >= 0.6 is 0 Å². The minimum Gasteiger partial charge on any atom is -0.486 e. The average Bonchev–Trinajstić information content (AvgIpc) is 3.16. The Balaban J connectivity index is 1.26. The number of fused-ring (bicyclic) bond motifs is 4. The smallest absolute Gasteiger partial charge is 0.220 e. The summed E-state index contributed by atoms with van der Waals surface area (Å²) in [5.74, 6) is 3.58. The largest absolute Gasteiger partial charge is 0.486 e. The van der Waals surface area contributed by atoms with Crippen molar-refractivity contribution in [1.82, 2.24) is 9.88 Å². The van der Waals surface area contributed by atoms with Crippen molar-refractivity contribution in [2.24, 2.45) is 5.92 Å². The highest BCUT2D eigenvalue weighted by atomic mass is 16.6. The zero-order valence-electron chi connectivity index (χ0n) is 14.1. The Bertz CT molecular complexity index is 752. The van der Waals surface area contributed by atoms with Crippen molar-refractivity contribution in [1.29, 1.82) is 0 Å². The maximum absolute atomic E-state index is 6.10. The Morgan fingerprint density at radius 1 is 1.12 bits per heavy atom. The van der Waals surface area contributed by atoms with E-state index in [0.29, 0.717) is 37.7 Å². The van der Waals surface area contributed by atoms with Gasteiger partial charge in [0.15, 0.2) is 17.3 Å². The molecule has 1 aromatic carbocycles. The van der Waals surface area contributed by atoms with Crippen molar-refractivity contribution >= 4 is 0 Å². The lowest BCUT2D eigenvalue weighted by Gasteiger charge is -2.44. The molecule has 132 valence electrons. The van der Waals surface area contributed by atoms with Gasteiger partial charge in [-0.05, 0) is 50.0 Å². The third kappa shape index (κ3) is 3.00. The van der Waals surface area contributed by atoms with Crippen LogP contribution in [0.1, 0.15) is 18.7 Å². The van der Waals surface area contributed by atoms with Crippen LogP contribution in [0, 0.1) is 5.92 Å². The van der Waals surface area contributed by atoms with Gasteiger partial charge in [0.05, 0.1) is 12.3 Å². The normalized spacial score (nSPS) is 27.4. The summed E-state index contributed by atoms with van der Waals surface area (Å²) in [6.45, 7) is 5.08. The second-order valence-electron chi connectivity index (χ2n) is 6.96. The van der Waals surface area contributed by atoms with Crippen molar-refractivity contribution < 1.29 is 18.6 Å². The van der Waals surface area contributed by atoms with E-state index >= 15 is 0 Å². The quantitative estimate of drug-likeness (QED) is 0.851. The number of oxazole rings is 1. The first kappa shape index (κ1) is 15.2. The van der Waals surface area contributed by atoms with E-state index in [2.05, 4.69) is 9.88 Å². The lowest BCUT2D eigenvalue weighted by Crippen LogP contribution is -2.51. The molecule has 3 saturated heterocycles. The maximum atomic E-state index is 6.10. The van der Waals surface area contributed by atoms with Crippen LogP contribution < -0.4 is 9.47 Å². The first-order chi connectivity index (χ1) is 12.3. The molecule has 6 nitrogen and oxygen atoms in total. The lowest BCUT2D eigenvalue weighted by molar-refractivity contribution is -0.0811. The van der Waals surface area contributed by atoms with E-state index in [1.54, 1.807) is 6.20 Å². The molecular formula is C19H22N2O4. The molecule has 1 atom stereocenters. The van der Waals surface area contributed by atoms with Crippen LogP contribution in [0.4, 0.5) is 0 Å². The number of aromatic nitrogens is 1. The highest BCUT2D eigenvalue weighted by Crippen LogP contribution is 2.35. The van der Waals surface area contributed by atoms with Crippen molar-refractivity contribution in [3.05, 3.63) is 30.3 Å². The lowest BCUT2D eigenvalue weighted by atomic mass is 9.86. The molecule has 4 aliphatic heterocycles. The molecule has 2 bridgehead atoms. The van der Waals surface area contributed by atoms with Gasteiger partial charge < -0.3 is 23.5 Å². The van der Waals surface area contributed by atoms with Crippen molar-refractivity contribution in [3.63, 3.8) is 0 Å². The maximum Gasteiger partial charge on any atom is 0.220 e. The first-order valence-electron chi connectivity index (χ1n) is 9.04. The van der Waals surface area contributed by atoms with Gasteiger partial charge in [-0.2, -0.15) is 0 Å². The van der Waals surface area contributed by atoms with Gasteiger partial charge in [-0.15, -0.1) is 0 Å². The predicted molar refractivity (Wildman–Crippen MR) is 90.7 cm³/mol. The Morgan fingerprint density at radius 2 is 1.96 bits per heavy atom. The summed E-state index contributed by atoms with van der Waals surface area (Å²) in [4.78, 5) is 6.86. The first-order valence-corrected chi connectivity index (χ1v) is 9.04. The van der Waals surface area contributed by atoms with Gasteiger partial charge in [0, 0.05) is 12.1 Å². The minimum atomic E-state index is 0.312. The summed E-state index contributed by atoms with van der Waals surface area (Å²) in [7, 11) is 0. The number of piperidine rings is 3. The van der Waals surface area contributed by atoms with Gasteiger partial charge in [0.1, 0.15) is 19.8 Å². The van der Waals surface area contributed by atoms with Crippen molar-refractivity contribution in [2.75, 3.05) is 32.8 Å². The molecule has 2 aromatic rings. The molecule has 0 spiro atoms. The topological polar surface area (TPSA) is 57.0 Å². The van der Waals surface area contributed by atoms with Gasteiger partial charge in [-0.3, -0.25) is 0 Å². The Morgan fingerprint density at radius 3 is 2.76 bits per heavy atom. The SMILES string of the molecule is c1cc2c(cc1-c1cnc(COC3CN4CCC3CC4)o1)OCCO2. The minimum absolute atomic E-state index is 0.312. The molecule has 3 fully saturated rings. The van der Waals surface area contributed by atoms with Gasteiger partial charge >= 0.3 is 0 Å². The summed E-state index contributed by atoms with van der Waals surface area (Å²) < 4.78 is 23.2. The molecule has 4 aliphatic rings. The highest BCUT2D eigenvalue weighted by molar-refractivity contribution is 5.62. The zero-order valence-corrected chi connectivity index (χ0v) is 14.1. The standard InChI is InChI=1S/C19H22N2O4/c1-2-15-16(23-8-7-22-15)9-14(1)17-10-20-19(25-17)12-24-18-11-21-5-3-13(18)4-6-21/h1-2,9-10,13,18H,3-8,11-12H2.